The third-order valence-electron chi connectivity index (χ3n) is 4.72. The fraction of sp³-hybridized carbons (Fsp3) is 0.875. The molecule has 2 aliphatic heterocycles. The van der Waals surface area contributed by atoms with Crippen molar-refractivity contribution in [1.82, 2.24) is 10.6 Å². The van der Waals surface area contributed by atoms with Gasteiger partial charge in [0.25, 0.3) is 0 Å². The minimum atomic E-state index is -1.99. The highest BCUT2D eigenvalue weighted by atomic mass is 19.1. The van der Waals surface area contributed by atoms with Crippen molar-refractivity contribution >= 4 is 11.8 Å². The van der Waals surface area contributed by atoms with Crippen molar-refractivity contribution in [2.24, 2.45) is 0 Å². The van der Waals surface area contributed by atoms with Gasteiger partial charge >= 0.3 is 0 Å². The first-order chi connectivity index (χ1) is 13.6. The molecule has 0 bridgehead atoms. The molecule has 29 heavy (non-hydrogen) atoms. The van der Waals surface area contributed by atoms with Gasteiger partial charge in [-0.05, 0) is 0 Å². The van der Waals surface area contributed by atoms with E-state index in [1.54, 1.807) is 0 Å². The molecule has 0 saturated carbocycles. The van der Waals surface area contributed by atoms with Gasteiger partial charge < -0.3 is 50.4 Å². The largest absolute Gasteiger partial charge is 0.394 e. The molecule has 13 heteroatoms. The van der Waals surface area contributed by atoms with Crippen LogP contribution in [0.4, 0.5) is 4.39 Å². The number of ether oxygens (including phenoxy) is 3. The standard InChI is InChI=1S/C16H27FN2O10/c1-5(21)18-10-14(25)12(23)8(28-15(10)26)4-27-16-11(19-6(2)22)13(24)9(17)7(3-20)29-16/h7-16,20,23-26H,3-4H2,1-2H3,(H,18,21)(H,19,22)/t7-,8-,9-,10-,11-,12+,13+,14-,15?,16-/m1/s1. The zero-order chi connectivity index (χ0) is 21.9. The van der Waals surface area contributed by atoms with Crippen molar-refractivity contribution < 1.29 is 53.7 Å². The van der Waals surface area contributed by atoms with E-state index in [2.05, 4.69) is 10.6 Å². The maximum atomic E-state index is 14.1. The van der Waals surface area contributed by atoms with Gasteiger partial charge in [0.15, 0.2) is 18.8 Å². The predicted molar refractivity (Wildman–Crippen MR) is 90.7 cm³/mol. The van der Waals surface area contributed by atoms with E-state index in [1.807, 2.05) is 0 Å². The normalized spacial score (nSPS) is 42.9. The third-order valence-corrected chi connectivity index (χ3v) is 4.72. The van der Waals surface area contributed by atoms with Gasteiger partial charge in [0.1, 0.15) is 42.6 Å². The summed E-state index contributed by atoms with van der Waals surface area (Å²) in [6, 6.07) is -2.60. The second-order valence-corrected chi connectivity index (χ2v) is 6.99. The number of nitrogens with one attached hydrogen (secondary N) is 2. The summed E-state index contributed by atoms with van der Waals surface area (Å²) >= 11 is 0. The van der Waals surface area contributed by atoms with E-state index < -0.39 is 86.4 Å². The van der Waals surface area contributed by atoms with E-state index in [-0.39, 0.29) is 0 Å². The van der Waals surface area contributed by atoms with Gasteiger partial charge in [0.05, 0.1) is 13.2 Å². The summed E-state index contributed by atoms with van der Waals surface area (Å²) in [5.41, 5.74) is 0. The third kappa shape index (κ3) is 5.58. The molecule has 0 aromatic heterocycles. The molecule has 2 fully saturated rings. The van der Waals surface area contributed by atoms with Crippen LogP contribution in [0.5, 0.6) is 0 Å². The molecular weight excluding hydrogens is 399 g/mol. The molecule has 168 valence electrons. The van der Waals surface area contributed by atoms with Gasteiger partial charge in [-0.15, -0.1) is 0 Å². The molecule has 0 aliphatic carbocycles. The predicted octanol–water partition coefficient (Wildman–Crippen LogP) is -4.13. The maximum absolute atomic E-state index is 14.1. The van der Waals surface area contributed by atoms with E-state index >= 15 is 0 Å². The topological polar surface area (TPSA) is 187 Å². The van der Waals surface area contributed by atoms with Crippen LogP contribution in [-0.4, -0.2) is 112 Å². The van der Waals surface area contributed by atoms with E-state index in [9.17, 15) is 39.5 Å². The van der Waals surface area contributed by atoms with Crippen molar-refractivity contribution in [2.75, 3.05) is 13.2 Å². The van der Waals surface area contributed by atoms with Crippen molar-refractivity contribution in [2.45, 2.75) is 75.2 Å². The number of carbonyl (C=O) groups excluding carboxylic acids is 2. The van der Waals surface area contributed by atoms with Crippen LogP contribution in [0, 0.1) is 0 Å². The summed E-state index contributed by atoms with van der Waals surface area (Å²) in [6.45, 7) is 1.04. The molecule has 7 N–H and O–H groups in total. The summed E-state index contributed by atoms with van der Waals surface area (Å²) in [5, 5.41) is 54.1. The quantitative estimate of drug-likeness (QED) is 0.220. The first-order valence-electron chi connectivity index (χ1n) is 9.00. The monoisotopic (exact) mass is 426 g/mol. The molecule has 0 aromatic carbocycles. The molecule has 1 unspecified atom stereocenters. The van der Waals surface area contributed by atoms with Crippen molar-refractivity contribution in [3.63, 3.8) is 0 Å². The molecular formula is C16H27FN2O10. The SMILES string of the molecule is CC(=O)N[C@H]1[C@H](OC[C@H]2OC(O)[C@H](NC(C)=O)[C@@H](O)[C@H]2O)O[C@H](CO)[C@@H](F)[C@@H]1O. The lowest BCUT2D eigenvalue weighted by Gasteiger charge is -2.43. The zero-order valence-corrected chi connectivity index (χ0v) is 15.8. The average molecular weight is 426 g/mol. The van der Waals surface area contributed by atoms with Crippen LogP contribution in [0.1, 0.15) is 13.8 Å². The van der Waals surface area contributed by atoms with Gasteiger partial charge in [-0.2, -0.15) is 0 Å². The molecule has 2 amide bonds. The lowest BCUT2D eigenvalue weighted by Crippen LogP contribution is -2.65. The molecule has 2 aliphatic rings. The van der Waals surface area contributed by atoms with Crippen molar-refractivity contribution in [3.05, 3.63) is 0 Å². The lowest BCUT2D eigenvalue weighted by atomic mass is 9.96. The number of aliphatic hydroxyl groups excluding tert-OH is 5. The van der Waals surface area contributed by atoms with Crippen LogP contribution in [0.15, 0.2) is 0 Å². The van der Waals surface area contributed by atoms with Crippen LogP contribution in [0.2, 0.25) is 0 Å². The molecule has 0 spiro atoms. The number of hydrogen-bond donors (Lipinski definition) is 7. The highest BCUT2D eigenvalue weighted by Gasteiger charge is 2.48. The van der Waals surface area contributed by atoms with E-state index in [4.69, 9.17) is 14.2 Å². The van der Waals surface area contributed by atoms with Crippen molar-refractivity contribution in [3.8, 4) is 0 Å². The fourth-order valence-corrected chi connectivity index (χ4v) is 3.25. The number of amides is 2. The fourth-order valence-electron chi connectivity index (χ4n) is 3.25. The van der Waals surface area contributed by atoms with Crippen LogP contribution in [0.3, 0.4) is 0 Å². The van der Waals surface area contributed by atoms with Gasteiger partial charge in [-0.3, -0.25) is 9.59 Å². The van der Waals surface area contributed by atoms with Crippen LogP contribution in [0.25, 0.3) is 0 Å². The van der Waals surface area contributed by atoms with Gasteiger partial charge in [0.2, 0.25) is 11.8 Å². The number of alkyl halides is 1. The highest BCUT2D eigenvalue weighted by molar-refractivity contribution is 5.73. The number of halogens is 1. The van der Waals surface area contributed by atoms with Crippen LogP contribution >= 0.6 is 0 Å². The minimum Gasteiger partial charge on any atom is -0.394 e. The molecule has 0 radical (unpaired) electrons. The van der Waals surface area contributed by atoms with E-state index in [0.717, 1.165) is 13.8 Å². The Balaban J connectivity index is 2.05. The Morgan fingerprint density at radius 3 is 2.07 bits per heavy atom. The van der Waals surface area contributed by atoms with Crippen LogP contribution < -0.4 is 10.6 Å². The van der Waals surface area contributed by atoms with Crippen LogP contribution in [-0.2, 0) is 23.8 Å². The Labute approximate surface area is 165 Å². The maximum Gasteiger partial charge on any atom is 0.217 e. The smallest absolute Gasteiger partial charge is 0.217 e. The Morgan fingerprint density at radius 1 is 0.931 bits per heavy atom. The van der Waals surface area contributed by atoms with Gasteiger partial charge in [-0.25, -0.2) is 4.39 Å². The lowest BCUT2D eigenvalue weighted by molar-refractivity contribution is -0.292. The van der Waals surface area contributed by atoms with Gasteiger partial charge in [-0.1, -0.05) is 0 Å². The summed E-state index contributed by atoms with van der Waals surface area (Å²) in [6.07, 6.45) is -12.7. The Kier molecular flexibility index (Phi) is 8.25. The first kappa shape index (κ1) is 23.8. The summed E-state index contributed by atoms with van der Waals surface area (Å²) in [5.74, 6) is -1.16. The highest BCUT2D eigenvalue weighted by Crippen LogP contribution is 2.26. The Bertz CT molecular complexity index is 584. The molecule has 12 nitrogen and oxygen atoms in total. The van der Waals surface area contributed by atoms with Gasteiger partial charge in [0, 0.05) is 13.8 Å². The molecule has 0 aromatic rings. The molecule has 2 saturated heterocycles. The minimum absolute atomic E-state index is 0.495. The zero-order valence-electron chi connectivity index (χ0n) is 15.8. The average Bonchev–Trinajstić information content (AvgIpc) is 2.65. The Morgan fingerprint density at radius 2 is 1.52 bits per heavy atom. The molecule has 2 rings (SSSR count). The Hall–Kier alpha value is -1.45. The second-order valence-electron chi connectivity index (χ2n) is 6.99. The second kappa shape index (κ2) is 10.0. The van der Waals surface area contributed by atoms with E-state index in [0.29, 0.717) is 0 Å². The first-order valence-corrected chi connectivity index (χ1v) is 9.00. The number of rotatable bonds is 6. The summed E-state index contributed by atoms with van der Waals surface area (Å²) in [4.78, 5) is 22.5. The van der Waals surface area contributed by atoms with E-state index in [1.165, 1.54) is 0 Å². The van der Waals surface area contributed by atoms with Crippen molar-refractivity contribution in [1.29, 1.82) is 0 Å². The summed E-state index contributed by atoms with van der Waals surface area (Å²) < 4.78 is 29.9. The summed E-state index contributed by atoms with van der Waals surface area (Å²) in [7, 11) is 0. The number of aliphatic hydroxyl groups is 5. The molecule has 2 heterocycles. The molecule has 10 atom stereocenters. The number of carbonyl (C=O) groups is 2. The number of hydrogen-bond acceptors (Lipinski definition) is 10.